The standard InChI is InChI=1S/C30H35F4N7O4SSi/c1-40(46(3,42)43)24-10-8-7-9-19(24)17-36-28-26-23(16-35)39-41(18-45-11-12-47(4,5)6)29(26)38-27(37-28)21-14-22(31)25(44-2)13-20(21)15-30(32,33)34/h7-10,13-14H,11-12,15,17-18H2,1-6H3,(H,36,37,38). The van der Waals surface area contributed by atoms with Crippen LogP contribution in [0, 0.1) is 17.1 Å². The number of nitrogens with one attached hydrogen (secondary N) is 1. The number of nitriles is 1. The molecule has 0 atom stereocenters. The predicted molar refractivity (Wildman–Crippen MR) is 173 cm³/mol. The smallest absolute Gasteiger partial charge is 0.393 e. The second kappa shape index (κ2) is 13.8. The summed E-state index contributed by atoms with van der Waals surface area (Å²) in [7, 11) is -2.52. The Hall–Kier alpha value is -4.27. The molecule has 0 amide bonds. The van der Waals surface area contributed by atoms with Crippen LogP contribution in [0.2, 0.25) is 25.7 Å². The second-order valence-electron chi connectivity index (χ2n) is 12.1. The predicted octanol–water partition coefficient (Wildman–Crippen LogP) is 5.94. The van der Waals surface area contributed by atoms with Crippen molar-refractivity contribution < 1.29 is 35.5 Å². The van der Waals surface area contributed by atoms with Gasteiger partial charge in [-0.3, -0.25) is 4.31 Å². The zero-order valence-electron chi connectivity index (χ0n) is 26.7. The summed E-state index contributed by atoms with van der Waals surface area (Å²) in [5.41, 5.74) is 0.304. The molecule has 11 nitrogen and oxygen atoms in total. The van der Waals surface area contributed by atoms with Crippen LogP contribution in [0.15, 0.2) is 36.4 Å². The van der Waals surface area contributed by atoms with Crippen molar-refractivity contribution in [1.82, 2.24) is 19.7 Å². The average Bonchev–Trinajstić information content (AvgIpc) is 3.34. The average molecular weight is 694 g/mol. The number of halogens is 4. The van der Waals surface area contributed by atoms with Gasteiger partial charge in [0.05, 0.1) is 30.9 Å². The number of benzene rings is 2. The molecule has 0 radical (unpaired) electrons. The van der Waals surface area contributed by atoms with E-state index in [0.29, 0.717) is 17.9 Å². The molecule has 0 saturated carbocycles. The van der Waals surface area contributed by atoms with E-state index in [9.17, 15) is 31.2 Å². The maximum Gasteiger partial charge on any atom is 0.393 e. The van der Waals surface area contributed by atoms with Crippen LogP contribution in [-0.4, -0.2) is 69.4 Å². The highest BCUT2D eigenvalue weighted by molar-refractivity contribution is 7.92. The highest BCUT2D eigenvalue weighted by Gasteiger charge is 2.31. The molecule has 47 heavy (non-hydrogen) atoms. The summed E-state index contributed by atoms with van der Waals surface area (Å²) in [6.07, 6.45) is -5.02. The number of hydrogen-bond acceptors (Lipinski definition) is 9. The zero-order valence-corrected chi connectivity index (χ0v) is 28.6. The van der Waals surface area contributed by atoms with Crippen LogP contribution in [0.1, 0.15) is 16.8 Å². The largest absolute Gasteiger partial charge is 0.494 e. The van der Waals surface area contributed by atoms with Gasteiger partial charge in [-0.1, -0.05) is 37.8 Å². The van der Waals surface area contributed by atoms with Gasteiger partial charge in [-0.2, -0.15) is 23.5 Å². The van der Waals surface area contributed by atoms with Gasteiger partial charge >= 0.3 is 6.18 Å². The molecule has 0 aliphatic rings. The molecular weight excluding hydrogens is 659 g/mol. The lowest BCUT2D eigenvalue weighted by Gasteiger charge is -2.21. The lowest BCUT2D eigenvalue weighted by Crippen LogP contribution is -2.26. The van der Waals surface area contributed by atoms with Crippen LogP contribution in [0.3, 0.4) is 0 Å². The molecule has 0 aliphatic carbocycles. The number of rotatable bonds is 13. The van der Waals surface area contributed by atoms with E-state index < -0.39 is 36.5 Å². The van der Waals surface area contributed by atoms with E-state index in [-0.39, 0.29) is 58.5 Å². The molecule has 252 valence electrons. The molecule has 2 aromatic carbocycles. The molecule has 4 aromatic rings. The van der Waals surface area contributed by atoms with E-state index in [0.717, 1.165) is 35.8 Å². The quantitative estimate of drug-likeness (QED) is 0.103. The van der Waals surface area contributed by atoms with Crippen LogP contribution >= 0.6 is 0 Å². The third-order valence-corrected chi connectivity index (χ3v) is 10.1. The number of para-hydroxylation sites is 1. The molecule has 2 heterocycles. The number of sulfonamides is 1. The van der Waals surface area contributed by atoms with Crippen molar-refractivity contribution in [2.45, 2.75) is 51.6 Å². The molecule has 0 aliphatic heterocycles. The minimum Gasteiger partial charge on any atom is -0.494 e. The highest BCUT2D eigenvalue weighted by Crippen LogP contribution is 2.35. The van der Waals surface area contributed by atoms with Gasteiger partial charge in [-0.25, -0.2) is 27.5 Å². The molecule has 1 N–H and O–H groups in total. The first kappa shape index (κ1) is 35.6. The molecule has 0 bridgehead atoms. The van der Waals surface area contributed by atoms with Crippen LogP contribution in [-0.2, 0) is 34.5 Å². The molecule has 0 saturated heterocycles. The number of methoxy groups -OCH3 is 1. The van der Waals surface area contributed by atoms with Crippen molar-refractivity contribution in [3.63, 3.8) is 0 Å². The van der Waals surface area contributed by atoms with Crippen molar-refractivity contribution >= 4 is 40.6 Å². The van der Waals surface area contributed by atoms with Gasteiger partial charge in [-0.15, -0.1) is 0 Å². The van der Waals surface area contributed by atoms with Gasteiger partial charge in [-0.05, 0) is 35.4 Å². The van der Waals surface area contributed by atoms with Crippen molar-refractivity contribution in [3.05, 3.63) is 59.0 Å². The molecule has 0 fully saturated rings. The van der Waals surface area contributed by atoms with Crippen molar-refractivity contribution in [1.29, 1.82) is 5.26 Å². The Kier molecular flexibility index (Phi) is 10.5. The first-order valence-corrected chi connectivity index (χ1v) is 19.9. The van der Waals surface area contributed by atoms with Crippen LogP contribution < -0.4 is 14.4 Å². The summed E-state index contributed by atoms with van der Waals surface area (Å²) < 4.78 is 93.8. The molecule has 2 aromatic heterocycles. The fraction of sp³-hybridized carbons (Fsp3) is 0.400. The Balaban J connectivity index is 1.90. The highest BCUT2D eigenvalue weighted by atomic mass is 32.2. The Morgan fingerprint density at radius 1 is 1.13 bits per heavy atom. The molecule has 17 heteroatoms. The van der Waals surface area contributed by atoms with Gasteiger partial charge in [0.25, 0.3) is 0 Å². The summed E-state index contributed by atoms with van der Waals surface area (Å²) in [6, 6.07) is 11.3. The van der Waals surface area contributed by atoms with E-state index in [1.54, 1.807) is 24.3 Å². The maximum atomic E-state index is 15.0. The monoisotopic (exact) mass is 693 g/mol. The summed E-state index contributed by atoms with van der Waals surface area (Å²) in [5, 5.41) is 17.6. The van der Waals surface area contributed by atoms with Crippen LogP contribution in [0.5, 0.6) is 5.75 Å². The Morgan fingerprint density at radius 3 is 2.45 bits per heavy atom. The minimum atomic E-state index is -4.65. The van der Waals surface area contributed by atoms with E-state index in [1.165, 1.54) is 11.7 Å². The Morgan fingerprint density at radius 2 is 1.83 bits per heavy atom. The SMILES string of the molecule is COc1cc(CC(F)(F)F)c(-c2nc(NCc3ccccc3N(C)S(C)(=O)=O)c3c(C#N)nn(COCC[Si](C)(C)C)c3n2)cc1F. The van der Waals surface area contributed by atoms with E-state index in [1.807, 2.05) is 6.07 Å². The Labute approximate surface area is 271 Å². The molecule has 0 unspecified atom stereocenters. The third-order valence-electron chi connectivity index (χ3n) is 7.19. The molecular formula is C30H35F4N7O4SSi. The van der Waals surface area contributed by atoms with Crippen molar-refractivity contribution in [3.8, 4) is 23.2 Å². The summed E-state index contributed by atoms with van der Waals surface area (Å²) in [4.78, 5) is 8.97. The van der Waals surface area contributed by atoms with E-state index >= 15 is 0 Å². The number of nitrogens with zero attached hydrogens (tertiary/aromatic N) is 6. The van der Waals surface area contributed by atoms with Gasteiger partial charge in [0.15, 0.2) is 28.7 Å². The lowest BCUT2D eigenvalue weighted by atomic mass is 10.0. The number of alkyl halides is 3. The minimum absolute atomic E-state index is 0.0147. The number of fused-ring (bicyclic) bond motifs is 1. The number of hydrogen-bond donors (Lipinski definition) is 1. The van der Waals surface area contributed by atoms with Gasteiger partial charge < -0.3 is 14.8 Å². The summed E-state index contributed by atoms with van der Waals surface area (Å²) >= 11 is 0. The number of aromatic nitrogens is 4. The first-order chi connectivity index (χ1) is 21.9. The first-order valence-electron chi connectivity index (χ1n) is 14.4. The fourth-order valence-corrected chi connectivity index (χ4v) is 5.96. The Bertz CT molecular complexity index is 1920. The van der Waals surface area contributed by atoms with E-state index in [2.05, 4.69) is 40.0 Å². The maximum absolute atomic E-state index is 15.0. The third kappa shape index (κ3) is 8.76. The topological polar surface area (TPSA) is 135 Å². The van der Waals surface area contributed by atoms with E-state index in [4.69, 9.17) is 9.47 Å². The zero-order chi connectivity index (χ0) is 34.7. The summed E-state index contributed by atoms with van der Waals surface area (Å²) in [5.74, 6) is -1.56. The van der Waals surface area contributed by atoms with Crippen LogP contribution in [0.4, 0.5) is 29.1 Å². The van der Waals surface area contributed by atoms with Gasteiger partial charge in [0.1, 0.15) is 18.6 Å². The normalized spacial score (nSPS) is 12.3. The van der Waals surface area contributed by atoms with Crippen molar-refractivity contribution in [2.24, 2.45) is 0 Å². The molecule has 4 rings (SSSR count). The van der Waals surface area contributed by atoms with Crippen LogP contribution in [0.25, 0.3) is 22.4 Å². The summed E-state index contributed by atoms with van der Waals surface area (Å²) in [6.45, 7) is 6.82. The fourth-order valence-electron chi connectivity index (χ4n) is 4.67. The van der Waals surface area contributed by atoms with Crippen molar-refractivity contribution in [2.75, 3.05) is 36.6 Å². The number of ether oxygens (including phenoxy) is 2. The lowest BCUT2D eigenvalue weighted by molar-refractivity contribution is -0.127. The van der Waals surface area contributed by atoms with Gasteiger partial charge in [0.2, 0.25) is 10.0 Å². The molecule has 0 spiro atoms. The number of anilines is 2. The van der Waals surface area contributed by atoms with Gasteiger partial charge in [0, 0.05) is 33.8 Å². The second-order valence-corrected chi connectivity index (χ2v) is 19.7.